The van der Waals surface area contributed by atoms with Gasteiger partial charge in [0, 0.05) is 6.20 Å². The van der Waals surface area contributed by atoms with Crippen LogP contribution < -0.4 is 5.73 Å². The van der Waals surface area contributed by atoms with Crippen molar-refractivity contribution in [3.05, 3.63) is 35.2 Å². The molecule has 1 saturated heterocycles. The van der Waals surface area contributed by atoms with E-state index in [0.717, 1.165) is 50.2 Å². The van der Waals surface area contributed by atoms with E-state index in [1.54, 1.807) is 0 Å². The normalized spacial score (nSPS) is 20.6. The monoisotopic (exact) mass is 272 g/mol. The number of primary amides is 1. The summed E-state index contributed by atoms with van der Waals surface area (Å²) in [7, 11) is 0. The van der Waals surface area contributed by atoms with Crippen LogP contribution >= 0.6 is 0 Å². The molecule has 3 rings (SSSR count). The Morgan fingerprint density at radius 2 is 2.00 bits per heavy atom. The Balaban J connectivity index is 1.85. The predicted molar refractivity (Wildman–Crippen MR) is 77.0 cm³/mol. The van der Waals surface area contributed by atoms with E-state index in [4.69, 9.17) is 10.5 Å². The summed E-state index contributed by atoms with van der Waals surface area (Å²) in [6, 6.07) is 4.01. The summed E-state index contributed by atoms with van der Waals surface area (Å²) in [4.78, 5) is 16.0. The first-order chi connectivity index (χ1) is 9.63. The Hall–Kier alpha value is -1.68. The lowest BCUT2D eigenvalue weighted by atomic mass is 9.95. The van der Waals surface area contributed by atoms with E-state index in [-0.39, 0.29) is 5.91 Å². The van der Waals surface area contributed by atoms with Gasteiger partial charge in [0.15, 0.2) is 0 Å². The third kappa shape index (κ3) is 2.24. The molecule has 2 heterocycles. The Kier molecular flexibility index (Phi) is 3.34. The summed E-state index contributed by atoms with van der Waals surface area (Å²) in [6.07, 6.45) is 5.52. The van der Waals surface area contributed by atoms with E-state index in [2.05, 4.69) is 18.0 Å². The van der Waals surface area contributed by atoms with Crippen LogP contribution in [0.15, 0.2) is 23.9 Å². The summed E-state index contributed by atoms with van der Waals surface area (Å²) in [6.45, 7) is 3.75. The summed E-state index contributed by atoms with van der Waals surface area (Å²) in [5.41, 5.74) is 9.67. The van der Waals surface area contributed by atoms with Gasteiger partial charge in [-0.2, -0.15) is 0 Å². The molecule has 1 aromatic rings. The van der Waals surface area contributed by atoms with Crippen molar-refractivity contribution in [3.63, 3.8) is 0 Å². The number of hydrogen-bond acceptors (Lipinski definition) is 3. The van der Waals surface area contributed by atoms with Gasteiger partial charge in [-0.25, -0.2) is 0 Å². The zero-order valence-corrected chi connectivity index (χ0v) is 11.8. The number of carbonyl (C=O) groups excluding carboxylic acids is 1. The highest BCUT2D eigenvalue weighted by molar-refractivity contribution is 5.89. The van der Waals surface area contributed by atoms with Crippen LogP contribution in [-0.4, -0.2) is 24.1 Å². The first-order valence-corrected chi connectivity index (χ1v) is 7.17. The number of pyridine rings is 1. The second-order valence-electron chi connectivity index (χ2n) is 5.72. The Morgan fingerprint density at radius 3 is 2.50 bits per heavy atom. The summed E-state index contributed by atoms with van der Waals surface area (Å²) >= 11 is 0. The molecule has 0 spiro atoms. The van der Waals surface area contributed by atoms with Gasteiger partial charge in [-0.15, -0.1) is 0 Å². The number of nitrogens with zero attached hydrogens (tertiary/aromatic N) is 1. The van der Waals surface area contributed by atoms with E-state index >= 15 is 0 Å². The SMILES string of the molecule is CC(=C1CCOCC1)c1ccc(C2(C(N)=O)CC2)nc1. The molecular weight excluding hydrogens is 252 g/mol. The van der Waals surface area contributed by atoms with Crippen LogP contribution in [0.25, 0.3) is 5.57 Å². The highest BCUT2D eigenvalue weighted by Crippen LogP contribution is 2.47. The molecule has 1 amide bonds. The van der Waals surface area contributed by atoms with E-state index in [1.807, 2.05) is 12.3 Å². The van der Waals surface area contributed by atoms with Crippen molar-refractivity contribution in [1.82, 2.24) is 4.98 Å². The molecule has 2 N–H and O–H groups in total. The van der Waals surface area contributed by atoms with Crippen LogP contribution in [0, 0.1) is 0 Å². The fraction of sp³-hybridized carbons (Fsp3) is 0.500. The molecule has 1 saturated carbocycles. The van der Waals surface area contributed by atoms with Crippen molar-refractivity contribution in [2.24, 2.45) is 5.73 Å². The molecule has 0 aromatic carbocycles. The fourth-order valence-corrected chi connectivity index (χ4v) is 2.85. The largest absolute Gasteiger partial charge is 0.381 e. The maximum Gasteiger partial charge on any atom is 0.229 e. The minimum Gasteiger partial charge on any atom is -0.381 e. The molecule has 4 heteroatoms. The average molecular weight is 272 g/mol. The topological polar surface area (TPSA) is 65.2 Å². The molecule has 106 valence electrons. The molecule has 2 aliphatic rings. The van der Waals surface area contributed by atoms with E-state index < -0.39 is 5.41 Å². The third-order valence-electron chi connectivity index (χ3n) is 4.54. The summed E-state index contributed by atoms with van der Waals surface area (Å²) < 4.78 is 5.38. The minimum atomic E-state index is -0.488. The number of ether oxygens (including phenoxy) is 1. The van der Waals surface area contributed by atoms with Gasteiger partial charge in [0.25, 0.3) is 0 Å². The lowest BCUT2D eigenvalue weighted by Crippen LogP contribution is -2.29. The number of carbonyl (C=O) groups is 1. The fourth-order valence-electron chi connectivity index (χ4n) is 2.85. The predicted octanol–water partition coefficient (Wildman–Crippen LogP) is 2.18. The quantitative estimate of drug-likeness (QED) is 0.917. The van der Waals surface area contributed by atoms with E-state index in [0.29, 0.717) is 0 Å². The lowest BCUT2D eigenvalue weighted by Gasteiger charge is -2.18. The maximum absolute atomic E-state index is 11.5. The highest BCUT2D eigenvalue weighted by atomic mass is 16.5. The van der Waals surface area contributed by atoms with Crippen LogP contribution in [0.4, 0.5) is 0 Å². The van der Waals surface area contributed by atoms with E-state index in [1.165, 1.54) is 11.1 Å². The third-order valence-corrected chi connectivity index (χ3v) is 4.54. The minimum absolute atomic E-state index is 0.253. The molecule has 1 aliphatic heterocycles. The molecule has 20 heavy (non-hydrogen) atoms. The van der Waals surface area contributed by atoms with Crippen molar-refractivity contribution in [1.29, 1.82) is 0 Å². The van der Waals surface area contributed by atoms with Gasteiger partial charge in [-0.3, -0.25) is 9.78 Å². The van der Waals surface area contributed by atoms with Gasteiger partial charge >= 0.3 is 0 Å². The summed E-state index contributed by atoms with van der Waals surface area (Å²) in [5, 5.41) is 0. The van der Waals surface area contributed by atoms with Gasteiger partial charge in [0.05, 0.1) is 24.3 Å². The number of allylic oxidation sites excluding steroid dienone is 1. The Labute approximate surface area is 119 Å². The van der Waals surface area contributed by atoms with Gasteiger partial charge in [0.2, 0.25) is 5.91 Å². The first kappa shape index (κ1) is 13.3. The molecular formula is C16H20N2O2. The second kappa shape index (κ2) is 5.02. The molecule has 4 nitrogen and oxygen atoms in total. The molecule has 2 fully saturated rings. The molecule has 0 bridgehead atoms. The van der Waals surface area contributed by atoms with Crippen LogP contribution in [0.5, 0.6) is 0 Å². The van der Waals surface area contributed by atoms with Crippen molar-refractivity contribution in [2.45, 2.75) is 38.0 Å². The van der Waals surface area contributed by atoms with Crippen molar-refractivity contribution < 1.29 is 9.53 Å². The number of nitrogens with two attached hydrogens (primary N) is 1. The zero-order valence-electron chi connectivity index (χ0n) is 11.8. The van der Waals surface area contributed by atoms with E-state index in [9.17, 15) is 4.79 Å². The first-order valence-electron chi connectivity index (χ1n) is 7.17. The van der Waals surface area contributed by atoms with Crippen LogP contribution in [0.2, 0.25) is 0 Å². The Bertz CT molecular complexity index is 548. The maximum atomic E-state index is 11.5. The smallest absolute Gasteiger partial charge is 0.229 e. The molecule has 0 unspecified atom stereocenters. The number of rotatable bonds is 3. The van der Waals surface area contributed by atoms with Gasteiger partial charge in [-0.05, 0) is 49.8 Å². The molecule has 1 aromatic heterocycles. The van der Waals surface area contributed by atoms with Crippen LogP contribution in [-0.2, 0) is 14.9 Å². The number of amides is 1. The highest BCUT2D eigenvalue weighted by Gasteiger charge is 2.51. The lowest BCUT2D eigenvalue weighted by molar-refractivity contribution is -0.120. The van der Waals surface area contributed by atoms with Crippen LogP contribution in [0.3, 0.4) is 0 Å². The van der Waals surface area contributed by atoms with Crippen molar-refractivity contribution in [3.8, 4) is 0 Å². The van der Waals surface area contributed by atoms with Crippen molar-refractivity contribution in [2.75, 3.05) is 13.2 Å². The van der Waals surface area contributed by atoms with Crippen LogP contribution in [0.1, 0.15) is 43.9 Å². The number of aromatic nitrogens is 1. The Morgan fingerprint density at radius 1 is 1.30 bits per heavy atom. The van der Waals surface area contributed by atoms with Gasteiger partial charge < -0.3 is 10.5 Å². The average Bonchev–Trinajstić information content (AvgIpc) is 3.29. The molecule has 0 radical (unpaired) electrons. The molecule has 1 aliphatic carbocycles. The van der Waals surface area contributed by atoms with Gasteiger partial charge in [-0.1, -0.05) is 11.6 Å². The molecule has 0 atom stereocenters. The zero-order chi connectivity index (χ0) is 14.2. The van der Waals surface area contributed by atoms with Gasteiger partial charge in [0.1, 0.15) is 0 Å². The second-order valence-corrected chi connectivity index (χ2v) is 5.72. The summed E-state index contributed by atoms with van der Waals surface area (Å²) in [5.74, 6) is -0.253. The van der Waals surface area contributed by atoms with Crippen molar-refractivity contribution >= 4 is 11.5 Å². The standard InChI is InChI=1S/C16H20N2O2/c1-11(12-4-8-20-9-5-12)13-2-3-14(18-10-13)16(6-7-16)15(17)19/h2-3,10H,4-9H2,1H3,(H2,17,19). The number of hydrogen-bond donors (Lipinski definition) is 1.